The summed E-state index contributed by atoms with van der Waals surface area (Å²) >= 11 is 0. The van der Waals surface area contributed by atoms with Gasteiger partial charge in [-0.05, 0) is 48.9 Å². The Balaban J connectivity index is 2.32. The van der Waals surface area contributed by atoms with Crippen molar-refractivity contribution in [2.75, 3.05) is 6.54 Å². The molecule has 1 nitrogen and oxygen atoms in total. The molecule has 13 heavy (non-hydrogen) atoms. The van der Waals surface area contributed by atoms with Crippen molar-refractivity contribution in [3.05, 3.63) is 35.1 Å². The van der Waals surface area contributed by atoms with Gasteiger partial charge in [0.15, 0.2) is 0 Å². The van der Waals surface area contributed by atoms with E-state index in [-0.39, 0.29) is 5.82 Å². The quantitative estimate of drug-likeness (QED) is 0.740. The Morgan fingerprint density at radius 1 is 1.46 bits per heavy atom. The first-order valence-electron chi connectivity index (χ1n) is 4.80. The summed E-state index contributed by atoms with van der Waals surface area (Å²) in [4.78, 5) is 0. The Hall–Kier alpha value is -0.890. The van der Waals surface area contributed by atoms with E-state index in [0.29, 0.717) is 12.5 Å². The number of hydrogen-bond donors (Lipinski definition) is 1. The van der Waals surface area contributed by atoms with E-state index in [9.17, 15) is 4.39 Å². The van der Waals surface area contributed by atoms with Crippen molar-refractivity contribution in [3.63, 3.8) is 0 Å². The van der Waals surface area contributed by atoms with Crippen LogP contribution in [0.1, 0.15) is 29.9 Å². The summed E-state index contributed by atoms with van der Waals surface area (Å²) in [5.41, 5.74) is 7.61. The molecule has 1 aromatic carbocycles. The summed E-state index contributed by atoms with van der Waals surface area (Å²) in [6.07, 6.45) is 2.93. The largest absolute Gasteiger partial charge is 0.330 e. The number of rotatable bonds is 2. The number of fused-ring (bicyclic) bond motifs is 1. The van der Waals surface area contributed by atoms with Crippen LogP contribution in [0.4, 0.5) is 4.39 Å². The molecule has 0 bridgehead atoms. The zero-order valence-electron chi connectivity index (χ0n) is 7.59. The molecule has 0 amide bonds. The summed E-state index contributed by atoms with van der Waals surface area (Å²) in [7, 11) is 0. The normalized spacial score (nSPS) is 20.3. The fourth-order valence-corrected chi connectivity index (χ4v) is 2.20. The van der Waals surface area contributed by atoms with E-state index < -0.39 is 0 Å². The molecule has 1 aliphatic carbocycles. The van der Waals surface area contributed by atoms with E-state index in [1.165, 1.54) is 5.56 Å². The third-order valence-electron chi connectivity index (χ3n) is 2.85. The van der Waals surface area contributed by atoms with Crippen LogP contribution in [0.2, 0.25) is 0 Å². The lowest BCUT2D eigenvalue weighted by Crippen LogP contribution is -2.04. The van der Waals surface area contributed by atoms with Crippen molar-refractivity contribution in [2.24, 2.45) is 5.73 Å². The summed E-state index contributed by atoms with van der Waals surface area (Å²) < 4.78 is 13.3. The minimum Gasteiger partial charge on any atom is -0.330 e. The smallest absolute Gasteiger partial charge is 0.126 e. The molecule has 2 heteroatoms. The molecule has 0 spiro atoms. The first-order valence-corrected chi connectivity index (χ1v) is 4.80. The van der Waals surface area contributed by atoms with Gasteiger partial charge in [0.2, 0.25) is 0 Å². The second-order valence-corrected chi connectivity index (χ2v) is 3.62. The first kappa shape index (κ1) is 8.70. The van der Waals surface area contributed by atoms with Crippen LogP contribution in [-0.2, 0) is 6.42 Å². The standard InChI is InChI=1S/C11H14FN/c12-11-3-1-2-9-8(6-7-13)4-5-10(9)11/h1-3,8H,4-7,13H2. The van der Waals surface area contributed by atoms with Crippen molar-refractivity contribution in [3.8, 4) is 0 Å². The van der Waals surface area contributed by atoms with Gasteiger partial charge in [-0.25, -0.2) is 4.39 Å². The lowest BCUT2D eigenvalue weighted by Gasteiger charge is -2.09. The Morgan fingerprint density at radius 3 is 3.08 bits per heavy atom. The molecule has 1 aliphatic rings. The van der Waals surface area contributed by atoms with Crippen LogP contribution >= 0.6 is 0 Å². The molecule has 0 heterocycles. The fraction of sp³-hybridized carbons (Fsp3) is 0.455. The summed E-state index contributed by atoms with van der Waals surface area (Å²) in [5, 5.41) is 0. The molecule has 2 N–H and O–H groups in total. The van der Waals surface area contributed by atoms with Gasteiger partial charge in [0.25, 0.3) is 0 Å². The molecule has 1 atom stereocenters. The van der Waals surface area contributed by atoms with Crippen molar-refractivity contribution >= 4 is 0 Å². The minimum absolute atomic E-state index is 0.0444. The summed E-state index contributed by atoms with van der Waals surface area (Å²) in [5.74, 6) is 0.452. The minimum atomic E-state index is -0.0444. The number of nitrogens with two attached hydrogens (primary N) is 1. The van der Waals surface area contributed by atoms with Gasteiger partial charge in [-0.3, -0.25) is 0 Å². The maximum absolute atomic E-state index is 13.3. The Morgan fingerprint density at radius 2 is 2.31 bits per heavy atom. The van der Waals surface area contributed by atoms with Crippen LogP contribution in [0.5, 0.6) is 0 Å². The van der Waals surface area contributed by atoms with Crippen molar-refractivity contribution in [2.45, 2.75) is 25.2 Å². The van der Waals surface area contributed by atoms with Gasteiger partial charge in [0.1, 0.15) is 5.82 Å². The van der Waals surface area contributed by atoms with Crippen LogP contribution in [0, 0.1) is 5.82 Å². The highest BCUT2D eigenvalue weighted by Gasteiger charge is 2.23. The van der Waals surface area contributed by atoms with Gasteiger partial charge in [-0.1, -0.05) is 12.1 Å². The molecule has 0 saturated carbocycles. The molecule has 2 rings (SSSR count). The molecular formula is C11H14FN. The zero-order valence-corrected chi connectivity index (χ0v) is 7.59. The van der Waals surface area contributed by atoms with E-state index in [4.69, 9.17) is 5.73 Å². The average Bonchev–Trinajstić information content (AvgIpc) is 2.51. The fourth-order valence-electron chi connectivity index (χ4n) is 2.20. The SMILES string of the molecule is NCCC1CCc2c(F)cccc21. The highest BCUT2D eigenvalue weighted by molar-refractivity contribution is 5.35. The van der Waals surface area contributed by atoms with Gasteiger partial charge in [-0.15, -0.1) is 0 Å². The maximum Gasteiger partial charge on any atom is 0.126 e. The molecule has 0 aromatic heterocycles. The highest BCUT2D eigenvalue weighted by Crippen LogP contribution is 2.36. The lowest BCUT2D eigenvalue weighted by molar-refractivity contribution is 0.610. The molecule has 0 aliphatic heterocycles. The average molecular weight is 179 g/mol. The van der Waals surface area contributed by atoms with Crippen LogP contribution in [0.15, 0.2) is 18.2 Å². The van der Waals surface area contributed by atoms with Gasteiger partial charge >= 0.3 is 0 Å². The monoisotopic (exact) mass is 179 g/mol. The molecule has 70 valence electrons. The van der Waals surface area contributed by atoms with E-state index in [2.05, 4.69) is 0 Å². The predicted octanol–water partition coefficient (Wildman–Crippen LogP) is 2.20. The first-order chi connectivity index (χ1) is 6.33. The van der Waals surface area contributed by atoms with Crippen molar-refractivity contribution < 1.29 is 4.39 Å². The van der Waals surface area contributed by atoms with Crippen LogP contribution in [0.3, 0.4) is 0 Å². The molecule has 0 saturated heterocycles. The van der Waals surface area contributed by atoms with E-state index in [1.807, 2.05) is 6.07 Å². The molecule has 0 radical (unpaired) electrons. The zero-order chi connectivity index (χ0) is 9.26. The second kappa shape index (κ2) is 3.46. The van der Waals surface area contributed by atoms with Crippen LogP contribution < -0.4 is 5.73 Å². The van der Waals surface area contributed by atoms with E-state index >= 15 is 0 Å². The number of benzene rings is 1. The Kier molecular flexibility index (Phi) is 2.32. The lowest BCUT2D eigenvalue weighted by atomic mass is 9.98. The van der Waals surface area contributed by atoms with Crippen molar-refractivity contribution in [1.29, 1.82) is 0 Å². The van der Waals surface area contributed by atoms with Gasteiger partial charge < -0.3 is 5.73 Å². The third kappa shape index (κ3) is 1.46. The second-order valence-electron chi connectivity index (χ2n) is 3.62. The Bertz CT molecular complexity index is 309. The van der Waals surface area contributed by atoms with Gasteiger partial charge in [0, 0.05) is 0 Å². The topological polar surface area (TPSA) is 26.0 Å². The predicted molar refractivity (Wildman–Crippen MR) is 51.1 cm³/mol. The Labute approximate surface area is 77.8 Å². The molecule has 1 aromatic rings. The van der Waals surface area contributed by atoms with E-state index in [1.54, 1.807) is 12.1 Å². The molecular weight excluding hydrogens is 165 g/mol. The van der Waals surface area contributed by atoms with Gasteiger partial charge in [-0.2, -0.15) is 0 Å². The van der Waals surface area contributed by atoms with Gasteiger partial charge in [0.05, 0.1) is 0 Å². The van der Waals surface area contributed by atoms with Crippen LogP contribution in [-0.4, -0.2) is 6.54 Å². The van der Waals surface area contributed by atoms with Crippen molar-refractivity contribution in [1.82, 2.24) is 0 Å². The molecule has 0 fully saturated rings. The summed E-state index contributed by atoms with van der Waals surface area (Å²) in [6.45, 7) is 0.695. The summed E-state index contributed by atoms with van der Waals surface area (Å²) in [6, 6.07) is 5.37. The molecule has 1 unspecified atom stereocenters. The number of halogens is 1. The third-order valence-corrected chi connectivity index (χ3v) is 2.85. The van der Waals surface area contributed by atoms with E-state index in [0.717, 1.165) is 24.8 Å². The number of hydrogen-bond acceptors (Lipinski definition) is 1. The highest BCUT2D eigenvalue weighted by atomic mass is 19.1. The van der Waals surface area contributed by atoms with Crippen LogP contribution in [0.25, 0.3) is 0 Å². The maximum atomic E-state index is 13.3.